The van der Waals surface area contributed by atoms with Crippen LogP contribution in [0.4, 0.5) is 5.69 Å². The molecule has 1 aliphatic rings. The summed E-state index contributed by atoms with van der Waals surface area (Å²) in [5.74, 6) is 0.370. The summed E-state index contributed by atoms with van der Waals surface area (Å²) in [7, 11) is 0. The maximum Gasteiger partial charge on any atom is 0.264 e. The zero-order chi connectivity index (χ0) is 19.2. The van der Waals surface area contributed by atoms with E-state index in [0.29, 0.717) is 27.1 Å². The van der Waals surface area contributed by atoms with Gasteiger partial charge in [-0.1, -0.05) is 12.1 Å². The third kappa shape index (κ3) is 4.84. The van der Waals surface area contributed by atoms with Crippen LogP contribution in [0.15, 0.2) is 58.4 Å². The maximum absolute atomic E-state index is 12.1. The van der Waals surface area contributed by atoms with Crippen LogP contribution in [0.3, 0.4) is 0 Å². The molecule has 0 spiro atoms. The number of rotatable bonds is 5. The van der Waals surface area contributed by atoms with Gasteiger partial charge < -0.3 is 10.1 Å². The van der Waals surface area contributed by atoms with Gasteiger partial charge in [0.05, 0.1) is 10.6 Å². The average molecular weight is 377 g/mol. The van der Waals surface area contributed by atoms with Gasteiger partial charge in [-0.3, -0.25) is 9.59 Å². The number of hydrogen-bond donors (Lipinski definition) is 1. The minimum absolute atomic E-state index is 0.00740. The highest BCUT2D eigenvalue weighted by atomic mass is 32.2. The second-order valence-corrected chi connectivity index (χ2v) is 6.63. The van der Waals surface area contributed by atoms with Crippen molar-refractivity contribution in [2.24, 2.45) is 4.99 Å². The Kier molecular flexibility index (Phi) is 5.69. The number of nitrogens with one attached hydrogen (secondary N) is 1. The van der Waals surface area contributed by atoms with E-state index in [0.717, 1.165) is 5.56 Å². The molecular formula is C20H15N3O3S. The van der Waals surface area contributed by atoms with Crippen LogP contribution in [0.25, 0.3) is 6.08 Å². The van der Waals surface area contributed by atoms with E-state index in [1.165, 1.54) is 18.7 Å². The molecule has 1 fully saturated rings. The minimum atomic E-state index is -0.219. The third-order valence-electron chi connectivity index (χ3n) is 3.64. The molecule has 0 saturated carbocycles. The molecule has 1 N–H and O–H groups in total. The van der Waals surface area contributed by atoms with Gasteiger partial charge >= 0.3 is 0 Å². The summed E-state index contributed by atoms with van der Waals surface area (Å²) in [5.41, 5.74) is 2.11. The van der Waals surface area contributed by atoms with Crippen LogP contribution in [-0.2, 0) is 4.79 Å². The number of benzene rings is 2. The summed E-state index contributed by atoms with van der Waals surface area (Å²) >= 11 is 1.25. The highest BCUT2D eigenvalue weighted by Gasteiger charge is 2.23. The smallest absolute Gasteiger partial charge is 0.264 e. The van der Waals surface area contributed by atoms with Crippen molar-refractivity contribution in [2.45, 2.75) is 6.92 Å². The van der Waals surface area contributed by atoms with Gasteiger partial charge in [-0.25, -0.2) is 4.99 Å². The Bertz CT molecular complexity index is 971. The van der Waals surface area contributed by atoms with E-state index < -0.39 is 0 Å². The number of thioether (sulfide) groups is 1. The van der Waals surface area contributed by atoms with Crippen LogP contribution < -0.4 is 10.1 Å². The second kappa shape index (κ2) is 8.34. The highest BCUT2D eigenvalue weighted by Crippen LogP contribution is 2.28. The number of aliphatic imine (C=N–C) groups is 1. The van der Waals surface area contributed by atoms with E-state index in [-0.39, 0.29) is 18.3 Å². The fourth-order valence-electron chi connectivity index (χ4n) is 2.30. The van der Waals surface area contributed by atoms with Crippen molar-refractivity contribution in [1.82, 2.24) is 5.32 Å². The standard InChI is InChI=1S/C20H15N3O3S/c1-13(24)15-4-6-16(7-5-15)22-20-23-19(25)18(27-20)12-14-2-8-17(9-3-14)26-11-10-21/h2-9,12H,11H2,1H3,(H,22,23,25). The number of amidine groups is 1. The molecule has 27 heavy (non-hydrogen) atoms. The first-order valence-electron chi connectivity index (χ1n) is 8.05. The van der Waals surface area contributed by atoms with Gasteiger partial charge in [-0.15, -0.1) is 0 Å². The maximum atomic E-state index is 12.1. The van der Waals surface area contributed by atoms with Gasteiger partial charge in [0.15, 0.2) is 17.6 Å². The number of ether oxygens (including phenoxy) is 1. The molecule has 1 saturated heterocycles. The van der Waals surface area contributed by atoms with Crippen molar-refractivity contribution in [3.05, 3.63) is 64.6 Å². The number of ketones is 1. The minimum Gasteiger partial charge on any atom is -0.479 e. The average Bonchev–Trinajstić information content (AvgIpc) is 3.00. The lowest BCUT2D eigenvalue weighted by molar-refractivity contribution is -0.115. The van der Waals surface area contributed by atoms with Crippen LogP contribution in [0.5, 0.6) is 5.75 Å². The summed E-state index contributed by atoms with van der Waals surface area (Å²) in [6, 6.07) is 15.9. The van der Waals surface area contributed by atoms with Crippen molar-refractivity contribution >= 4 is 40.4 Å². The molecule has 6 nitrogen and oxygen atoms in total. The Labute approximate surface area is 160 Å². The first-order chi connectivity index (χ1) is 13.0. The third-order valence-corrected chi connectivity index (χ3v) is 4.55. The monoisotopic (exact) mass is 377 g/mol. The molecule has 7 heteroatoms. The first-order valence-corrected chi connectivity index (χ1v) is 8.87. The SMILES string of the molecule is CC(=O)c1ccc(N=C2NC(=O)C(=Cc3ccc(OCC#N)cc3)S2)cc1. The van der Waals surface area contributed by atoms with Crippen LogP contribution in [0, 0.1) is 11.3 Å². The van der Waals surface area contributed by atoms with Gasteiger partial charge in [0, 0.05) is 5.56 Å². The van der Waals surface area contributed by atoms with Crippen molar-refractivity contribution in [3.63, 3.8) is 0 Å². The molecule has 0 unspecified atom stereocenters. The summed E-state index contributed by atoms with van der Waals surface area (Å²) in [5, 5.41) is 11.7. The van der Waals surface area contributed by atoms with Crippen LogP contribution >= 0.6 is 11.8 Å². The Hall–Kier alpha value is -3.37. The number of carbonyl (C=O) groups is 2. The van der Waals surface area contributed by atoms with E-state index >= 15 is 0 Å². The van der Waals surface area contributed by atoms with Gasteiger partial charge in [0.2, 0.25) is 0 Å². The predicted octanol–water partition coefficient (Wildman–Crippen LogP) is 3.68. The molecule has 134 valence electrons. The summed E-state index contributed by atoms with van der Waals surface area (Å²) < 4.78 is 5.20. The van der Waals surface area contributed by atoms with Gasteiger partial charge in [0.25, 0.3) is 5.91 Å². The molecular weight excluding hydrogens is 362 g/mol. The predicted molar refractivity (Wildman–Crippen MR) is 105 cm³/mol. The summed E-state index contributed by atoms with van der Waals surface area (Å²) in [4.78, 5) is 28.4. The lowest BCUT2D eigenvalue weighted by Crippen LogP contribution is -2.19. The van der Waals surface area contributed by atoms with E-state index in [2.05, 4.69) is 10.3 Å². The van der Waals surface area contributed by atoms with E-state index in [9.17, 15) is 9.59 Å². The van der Waals surface area contributed by atoms with E-state index in [1.807, 2.05) is 18.2 Å². The summed E-state index contributed by atoms with van der Waals surface area (Å²) in [6.07, 6.45) is 1.76. The molecule has 0 atom stereocenters. The van der Waals surface area contributed by atoms with Crippen LogP contribution in [0.2, 0.25) is 0 Å². The number of nitriles is 1. The quantitative estimate of drug-likeness (QED) is 0.634. The molecule has 1 heterocycles. The molecule has 0 radical (unpaired) electrons. The first kappa shape index (κ1) is 18.4. The van der Waals surface area contributed by atoms with Gasteiger partial charge in [-0.05, 0) is 66.7 Å². The number of Topliss-reactive ketones (excluding diaryl/α,β-unsaturated/α-hetero) is 1. The number of hydrogen-bond acceptors (Lipinski definition) is 6. The molecule has 2 aromatic carbocycles. The van der Waals surface area contributed by atoms with Crippen molar-refractivity contribution in [1.29, 1.82) is 5.26 Å². The zero-order valence-corrected chi connectivity index (χ0v) is 15.2. The molecule has 0 bridgehead atoms. The van der Waals surface area contributed by atoms with E-state index in [1.54, 1.807) is 42.5 Å². The van der Waals surface area contributed by atoms with Gasteiger partial charge in [0.1, 0.15) is 11.8 Å². The molecule has 2 aromatic rings. The van der Waals surface area contributed by atoms with Crippen molar-refractivity contribution in [2.75, 3.05) is 6.61 Å². The molecule has 0 aromatic heterocycles. The lowest BCUT2D eigenvalue weighted by atomic mass is 10.1. The van der Waals surface area contributed by atoms with Crippen LogP contribution in [0.1, 0.15) is 22.8 Å². The fraction of sp³-hybridized carbons (Fsp3) is 0.100. The Morgan fingerprint density at radius 2 is 1.93 bits per heavy atom. The highest BCUT2D eigenvalue weighted by molar-refractivity contribution is 8.18. The molecule has 1 amide bonds. The van der Waals surface area contributed by atoms with Gasteiger partial charge in [-0.2, -0.15) is 5.26 Å². The lowest BCUT2D eigenvalue weighted by Gasteiger charge is -2.01. The number of amides is 1. The Morgan fingerprint density at radius 3 is 2.56 bits per heavy atom. The Morgan fingerprint density at radius 1 is 1.22 bits per heavy atom. The fourth-order valence-corrected chi connectivity index (χ4v) is 3.14. The second-order valence-electron chi connectivity index (χ2n) is 5.60. The van der Waals surface area contributed by atoms with Crippen LogP contribution in [-0.4, -0.2) is 23.5 Å². The normalized spacial score (nSPS) is 16.2. The largest absolute Gasteiger partial charge is 0.479 e. The molecule has 1 aliphatic heterocycles. The van der Waals surface area contributed by atoms with Crippen molar-refractivity contribution < 1.29 is 14.3 Å². The molecule has 0 aliphatic carbocycles. The zero-order valence-electron chi connectivity index (χ0n) is 14.4. The summed E-state index contributed by atoms with van der Waals surface area (Å²) in [6.45, 7) is 1.50. The van der Waals surface area contributed by atoms with Crippen molar-refractivity contribution in [3.8, 4) is 11.8 Å². The number of nitrogens with zero attached hydrogens (tertiary/aromatic N) is 2. The number of carbonyl (C=O) groups excluding carboxylic acids is 2. The Balaban J connectivity index is 1.72. The topological polar surface area (TPSA) is 91.6 Å². The molecule has 3 rings (SSSR count). The van der Waals surface area contributed by atoms with E-state index in [4.69, 9.17) is 10.00 Å².